The van der Waals surface area contributed by atoms with E-state index in [-0.39, 0.29) is 24.0 Å². The van der Waals surface area contributed by atoms with Gasteiger partial charge in [0.05, 0.1) is 18.3 Å². The molecule has 0 spiro atoms. The zero-order chi connectivity index (χ0) is 27.1. The van der Waals surface area contributed by atoms with Crippen molar-refractivity contribution in [3.05, 3.63) is 114 Å². The summed E-state index contributed by atoms with van der Waals surface area (Å²) in [7, 11) is 0. The normalized spacial score (nSPS) is 13.2. The fourth-order valence-electron chi connectivity index (χ4n) is 4.79. The molecular formula is C32H38N4O2. The highest BCUT2D eigenvalue weighted by Crippen LogP contribution is 2.40. The minimum atomic E-state index is -0.411. The van der Waals surface area contributed by atoms with Crippen molar-refractivity contribution >= 4 is 5.91 Å². The van der Waals surface area contributed by atoms with Crippen LogP contribution < -0.4 is 5.73 Å². The van der Waals surface area contributed by atoms with E-state index in [1.54, 1.807) is 0 Å². The van der Waals surface area contributed by atoms with Gasteiger partial charge in [-0.3, -0.25) is 4.79 Å². The molecule has 0 fully saturated rings. The molecular weight excluding hydrogens is 472 g/mol. The van der Waals surface area contributed by atoms with E-state index in [9.17, 15) is 9.90 Å². The molecule has 0 saturated heterocycles. The molecule has 0 radical (unpaired) electrons. The lowest BCUT2D eigenvalue weighted by Gasteiger charge is -2.40. The number of nitrogens with zero attached hydrogens (tertiary/aromatic N) is 3. The van der Waals surface area contributed by atoms with Gasteiger partial charge in [0, 0.05) is 36.5 Å². The van der Waals surface area contributed by atoms with Crippen LogP contribution >= 0.6 is 0 Å². The summed E-state index contributed by atoms with van der Waals surface area (Å²) in [6.07, 6.45) is 2.56. The summed E-state index contributed by atoms with van der Waals surface area (Å²) in [5.74, 6) is 0.744. The summed E-state index contributed by atoms with van der Waals surface area (Å²) < 4.78 is 2.17. The van der Waals surface area contributed by atoms with Crippen LogP contribution in [0.3, 0.4) is 0 Å². The third-order valence-corrected chi connectivity index (χ3v) is 6.71. The van der Waals surface area contributed by atoms with Gasteiger partial charge in [-0.05, 0) is 29.5 Å². The molecule has 1 amide bonds. The first kappa shape index (κ1) is 27.3. The minimum Gasteiger partial charge on any atom is -0.395 e. The van der Waals surface area contributed by atoms with Crippen LogP contribution in [0.1, 0.15) is 55.0 Å². The number of aliphatic hydroxyl groups excluding tert-OH is 1. The Morgan fingerprint density at radius 1 is 0.947 bits per heavy atom. The molecule has 1 heterocycles. The van der Waals surface area contributed by atoms with Gasteiger partial charge in [0.1, 0.15) is 5.82 Å². The van der Waals surface area contributed by atoms with E-state index >= 15 is 0 Å². The molecule has 6 nitrogen and oxygen atoms in total. The van der Waals surface area contributed by atoms with Gasteiger partial charge in [0.25, 0.3) is 5.91 Å². The highest BCUT2D eigenvalue weighted by molar-refractivity contribution is 5.94. The number of carbonyl (C=O) groups excluding carboxylic acids is 1. The third-order valence-electron chi connectivity index (χ3n) is 6.71. The Labute approximate surface area is 225 Å². The predicted molar refractivity (Wildman–Crippen MR) is 153 cm³/mol. The number of imidazole rings is 1. The summed E-state index contributed by atoms with van der Waals surface area (Å²) >= 11 is 0. The molecule has 38 heavy (non-hydrogen) atoms. The first-order valence-electron chi connectivity index (χ1n) is 13.2. The Hall–Kier alpha value is -3.74. The predicted octanol–water partition coefficient (Wildman–Crippen LogP) is 5.54. The number of hydrogen-bond donors (Lipinski definition) is 2. The highest BCUT2D eigenvalue weighted by atomic mass is 16.3. The zero-order valence-electron chi connectivity index (χ0n) is 22.5. The minimum absolute atomic E-state index is 0.0776. The van der Waals surface area contributed by atoms with Crippen LogP contribution in [0.4, 0.5) is 0 Å². The molecule has 0 aliphatic carbocycles. The fraction of sp³-hybridized carbons (Fsp3) is 0.312. The van der Waals surface area contributed by atoms with Crippen LogP contribution in [0.5, 0.6) is 0 Å². The Morgan fingerprint density at radius 2 is 1.53 bits per heavy atom. The van der Waals surface area contributed by atoms with Crippen molar-refractivity contribution in [3.8, 4) is 11.3 Å². The number of rotatable bonds is 10. The van der Waals surface area contributed by atoms with Crippen LogP contribution in [-0.2, 0) is 6.54 Å². The molecule has 3 aromatic carbocycles. The van der Waals surface area contributed by atoms with Gasteiger partial charge in [-0.25, -0.2) is 4.98 Å². The van der Waals surface area contributed by atoms with E-state index in [4.69, 9.17) is 10.7 Å². The number of amides is 1. The van der Waals surface area contributed by atoms with E-state index in [2.05, 4.69) is 55.8 Å². The second-order valence-corrected chi connectivity index (χ2v) is 10.8. The molecule has 0 aliphatic heterocycles. The number of hydrogen-bond acceptors (Lipinski definition) is 4. The highest BCUT2D eigenvalue weighted by Gasteiger charge is 2.38. The van der Waals surface area contributed by atoms with Crippen molar-refractivity contribution in [2.45, 2.75) is 45.8 Å². The Bertz CT molecular complexity index is 1300. The molecule has 4 aromatic rings. The monoisotopic (exact) mass is 510 g/mol. The smallest absolute Gasteiger partial charge is 0.254 e. The summed E-state index contributed by atoms with van der Waals surface area (Å²) in [6, 6.07) is 29.0. The van der Waals surface area contributed by atoms with E-state index < -0.39 is 6.04 Å². The van der Waals surface area contributed by atoms with E-state index in [0.29, 0.717) is 25.1 Å². The van der Waals surface area contributed by atoms with Crippen molar-refractivity contribution in [2.75, 3.05) is 13.2 Å². The number of benzene rings is 3. The van der Waals surface area contributed by atoms with Crippen LogP contribution in [0, 0.1) is 5.41 Å². The molecule has 198 valence electrons. The molecule has 6 heteroatoms. The maximum Gasteiger partial charge on any atom is 0.254 e. The van der Waals surface area contributed by atoms with Gasteiger partial charge in [-0.2, -0.15) is 0 Å². The standard InChI is InChI=1S/C32H38N4O2/c1-32(2,3)29(36(20-19-27(33)23-37)31(38)26-17-11-6-12-18-26)30-34-28(25-15-9-5-10-16-25)22-35(30)21-24-13-7-4-8-14-24/h4-18,22,27,29,37H,19-21,23,33H2,1-3H3/t27-,29-/m0/s1. The third kappa shape index (κ3) is 6.57. The average molecular weight is 511 g/mol. The number of nitrogens with two attached hydrogens (primary N) is 1. The molecule has 3 N–H and O–H groups in total. The molecule has 0 bridgehead atoms. The lowest BCUT2D eigenvalue weighted by atomic mass is 9.84. The largest absolute Gasteiger partial charge is 0.395 e. The second kappa shape index (κ2) is 12.2. The van der Waals surface area contributed by atoms with Crippen molar-refractivity contribution in [1.29, 1.82) is 0 Å². The average Bonchev–Trinajstić information content (AvgIpc) is 3.33. The van der Waals surface area contributed by atoms with E-state index in [0.717, 1.165) is 22.6 Å². The van der Waals surface area contributed by atoms with Crippen molar-refractivity contribution in [1.82, 2.24) is 14.5 Å². The first-order chi connectivity index (χ1) is 18.3. The Morgan fingerprint density at radius 3 is 2.11 bits per heavy atom. The van der Waals surface area contributed by atoms with Gasteiger partial charge in [-0.1, -0.05) is 99.6 Å². The molecule has 0 saturated carbocycles. The van der Waals surface area contributed by atoms with Crippen molar-refractivity contribution in [2.24, 2.45) is 11.1 Å². The second-order valence-electron chi connectivity index (χ2n) is 10.8. The summed E-state index contributed by atoms with van der Waals surface area (Å²) in [5.41, 5.74) is 9.42. The van der Waals surface area contributed by atoms with Gasteiger partial charge >= 0.3 is 0 Å². The van der Waals surface area contributed by atoms with E-state index in [1.807, 2.05) is 71.6 Å². The number of aromatic nitrogens is 2. The van der Waals surface area contributed by atoms with Crippen LogP contribution in [-0.4, -0.2) is 44.7 Å². The van der Waals surface area contributed by atoms with Gasteiger partial charge in [0.15, 0.2) is 0 Å². The quantitative estimate of drug-likeness (QED) is 0.293. The fourth-order valence-corrected chi connectivity index (χ4v) is 4.79. The maximum absolute atomic E-state index is 14.0. The molecule has 4 rings (SSSR count). The summed E-state index contributed by atoms with van der Waals surface area (Å²) in [6.45, 7) is 7.31. The van der Waals surface area contributed by atoms with Gasteiger partial charge in [-0.15, -0.1) is 0 Å². The SMILES string of the molecule is CC(C)(C)[C@H](c1nc(-c2ccccc2)cn1Cc1ccccc1)N(CC[C@H](N)CO)C(=O)c1ccccc1. The lowest BCUT2D eigenvalue weighted by Crippen LogP contribution is -2.44. The maximum atomic E-state index is 14.0. The van der Waals surface area contributed by atoms with Crippen LogP contribution in [0.2, 0.25) is 0 Å². The Balaban J connectivity index is 1.85. The van der Waals surface area contributed by atoms with Crippen molar-refractivity contribution in [3.63, 3.8) is 0 Å². The van der Waals surface area contributed by atoms with E-state index in [1.165, 1.54) is 0 Å². The number of carbonyl (C=O) groups is 1. The summed E-state index contributed by atoms with van der Waals surface area (Å²) in [5, 5.41) is 9.61. The van der Waals surface area contributed by atoms with Gasteiger partial charge < -0.3 is 20.3 Å². The Kier molecular flexibility index (Phi) is 8.77. The lowest BCUT2D eigenvalue weighted by molar-refractivity contribution is 0.0467. The molecule has 0 unspecified atom stereocenters. The summed E-state index contributed by atoms with van der Waals surface area (Å²) in [4.78, 5) is 21.1. The topological polar surface area (TPSA) is 84.4 Å². The van der Waals surface area contributed by atoms with Crippen LogP contribution in [0.25, 0.3) is 11.3 Å². The number of aliphatic hydroxyl groups is 1. The van der Waals surface area contributed by atoms with Gasteiger partial charge in [0.2, 0.25) is 0 Å². The van der Waals surface area contributed by atoms with Crippen LogP contribution in [0.15, 0.2) is 97.2 Å². The zero-order valence-corrected chi connectivity index (χ0v) is 22.5. The first-order valence-corrected chi connectivity index (χ1v) is 13.2. The van der Waals surface area contributed by atoms with Crippen molar-refractivity contribution < 1.29 is 9.90 Å². The molecule has 1 aromatic heterocycles. The molecule has 2 atom stereocenters. The molecule has 0 aliphatic rings.